The van der Waals surface area contributed by atoms with E-state index in [0.29, 0.717) is 5.69 Å². The number of benzene rings is 2. The number of H-pyrrole nitrogens is 1. The van der Waals surface area contributed by atoms with Crippen molar-refractivity contribution in [1.82, 2.24) is 25.7 Å². The first-order valence-corrected chi connectivity index (χ1v) is 9.70. The van der Waals surface area contributed by atoms with Crippen molar-refractivity contribution in [2.24, 2.45) is 0 Å². The number of nitrogens with zero attached hydrogens (tertiary/aromatic N) is 2. The largest absolute Gasteiger partial charge is 0.463 e. The molecule has 0 spiro atoms. The number of amides is 2. The number of carbonyl (C=O) groups excluding carboxylic acids is 2. The first kappa shape index (κ1) is 19.7. The molecule has 0 unspecified atom stereocenters. The normalized spacial score (nSPS) is 12.2. The summed E-state index contributed by atoms with van der Waals surface area (Å²) < 4.78 is 5.61. The summed E-state index contributed by atoms with van der Waals surface area (Å²) >= 11 is 0. The Bertz CT molecular complexity index is 989. The topological polar surface area (TPSA) is 99.3 Å². The molecule has 2 aromatic carbocycles. The molecule has 154 valence electrons. The maximum Gasteiger partial charge on any atom is 0.332 e. The molecule has 1 aromatic heterocycles. The van der Waals surface area contributed by atoms with Crippen LogP contribution in [0.2, 0.25) is 0 Å². The predicted octanol–water partition coefficient (Wildman–Crippen LogP) is 2.41. The molecular weight excluding hydrogens is 382 g/mol. The van der Waals surface area contributed by atoms with Crippen molar-refractivity contribution in [2.75, 3.05) is 20.2 Å². The molecule has 1 aliphatic carbocycles. The predicted molar refractivity (Wildman–Crippen MR) is 111 cm³/mol. The van der Waals surface area contributed by atoms with Crippen molar-refractivity contribution in [3.63, 3.8) is 0 Å². The molecule has 0 radical (unpaired) electrons. The fraction of sp³-hybridized carbons (Fsp3) is 0.227. The molecule has 0 aliphatic heterocycles. The highest BCUT2D eigenvalue weighted by Crippen LogP contribution is 2.44. The molecule has 8 heteroatoms. The lowest BCUT2D eigenvalue weighted by Crippen LogP contribution is -2.47. The second kappa shape index (κ2) is 8.79. The molecule has 0 fully saturated rings. The highest BCUT2D eigenvalue weighted by atomic mass is 16.5. The molecule has 0 atom stereocenters. The minimum absolute atomic E-state index is 0.0199. The molecule has 8 nitrogen and oxygen atoms in total. The molecule has 3 aromatic rings. The van der Waals surface area contributed by atoms with E-state index in [1.54, 1.807) is 13.2 Å². The van der Waals surface area contributed by atoms with E-state index in [-0.39, 0.29) is 25.6 Å². The molecular formula is C22H23N5O3. The van der Waals surface area contributed by atoms with Gasteiger partial charge in [-0.25, -0.2) is 15.2 Å². The highest BCUT2D eigenvalue weighted by Gasteiger charge is 2.29. The Kier molecular flexibility index (Phi) is 5.76. The Morgan fingerprint density at radius 1 is 1.10 bits per heavy atom. The molecule has 0 bridgehead atoms. The molecule has 2 amide bonds. The SMILES string of the molecule is CNNC(=O)N(CC(=O)OCC1c2ccccc2-c2ccccc21)Cc1cnc[nH]1. The van der Waals surface area contributed by atoms with Crippen LogP contribution >= 0.6 is 0 Å². The van der Waals surface area contributed by atoms with Gasteiger partial charge >= 0.3 is 12.0 Å². The van der Waals surface area contributed by atoms with Gasteiger partial charge in [-0.15, -0.1) is 0 Å². The van der Waals surface area contributed by atoms with Crippen molar-refractivity contribution in [2.45, 2.75) is 12.5 Å². The standard InChI is InChI=1S/C22H23N5O3/c1-23-26-22(29)27(11-15-10-24-14-25-15)12-21(28)30-13-20-18-8-4-2-6-16(18)17-7-3-5-9-19(17)20/h2-10,14,20,23H,11-13H2,1H3,(H,24,25)(H,26,29). The number of aromatic nitrogens is 2. The maximum atomic E-state index is 12.6. The van der Waals surface area contributed by atoms with Gasteiger partial charge in [-0.05, 0) is 22.3 Å². The van der Waals surface area contributed by atoms with E-state index in [4.69, 9.17) is 4.74 Å². The fourth-order valence-corrected chi connectivity index (χ4v) is 3.78. The van der Waals surface area contributed by atoms with Crippen molar-refractivity contribution < 1.29 is 14.3 Å². The molecule has 1 aliphatic rings. The Morgan fingerprint density at radius 2 is 1.77 bits per heavy atom. The third-order valence-electron chi connectivity index (χ3n) is 5.13. The average Bonchev–Trinajstić information content (AvgIpc) is 3.38. The highest BCUT2D eigenvalue weighted by molar-refractivity contribution is 5.81. The summed E-state index contributed by atoms with van der Waals surface area (Å²) in [4.78, 5) is 33.1. The molecule has 0 saturated carbocycles. The van der Waals surface area contributed by atoms with Crippen molar-refractivity contribution in [1.29, 1.82) is 0 Å². The van der Waals surface area contributed by atoms with Gasteiger partial charge in [0.1, 0.15) is 13.2 Å². The van der Waals surface area contributed by atoms with E-state index in [0.717, 1.165) is 11.1 Å². The number of ether oxygens (including phenoxy) is 1. The molecule has 4 rings (SSSR count). The summed E-state index contributed by atoms with van der Waals surface area (Å²) in [6.45, 7) is 0.249. The fourth-order valence-electron chi connectivity index (χ4n) is 3.78. The van der Waals surface area contributed by atoms with E-state index >= 15 is 0 Å². The Labute approximate surface area is 174 Å². The number of nitrogens with one attached hydrogen (secondary N) is 3. The van der Waals surface area contributed by atoms with Crippen molar-refractivity contribution >= 4 is 12.0 Å². The van der Waals surface area contributed by atoms with Crippen LogP contribution in [0.25, 0.3) is 11.1 Å². The lowest BCUT2D eigenvalue weighted by Gasteiger charge is -2.22. The molecule has 0 saturated heterocycles. The van der Waals surface area contributed by atoms with Crippen LogP contribution in [0.5, 0.6) is 0 Å². The van der Waals surface area contributed by atoms with Crippen LogP contribution in [0.1, 0.15) is 22.7 Å². The maximum absolute atomic E-state index is 12.6. The zero-order valence-corrected chi connectivity index (χ0v) is 16.6. The summed E-state index contributed by atoms with van der Waals surface area (Å²) in [6.07, 6.45) is 3.13. The minimum Gasteiger partial charge on any atom is -0.463 e. The number of imidazole rings is 1. The van der Waals surface area contributed by atoms with Crippen LogP contribution in [-0.2, 0) is 16.1 Å². The van der Waals surface area contributed by atoms with E-state index in [1.165, 1.54) is 22.4 Å². The summed E-state index contributed by atoms with van der Waals surface area (Å²) in [5, 5.41) is 0. The number of rotatable bonds is 7. The van der Waals surface area contributed by atoms with Gasteiger partial charge < -0.3 is 14.6 Å². The molecule has 3 N–H and O–H groups in total. The average molecular weight is 405 g/mol. The number of hydrogen-bond donors (Lipinski definition) is 3. The second-order valence-electron chi connectivity index (χ2n) is 7.02. The van der Waals surface area contributed by atoms with Crippen molar-refractivity contribution in [3.05, 3.63) is 77.9 Å². The number of hydrazine groups is 1. The monoisotopic (exact) mass is 405 g/mol. The number of fused-ring (bicyclic) bond motifs is 3. The van der Waals surface area contributed by atoms with Gasteiger partial charge in [-0.1, -0.05) is 48.5 Å². The zero-order valence-electron chi connectivity index (χ0n) is 16.6. The van der Waals surface area contributed by atoms with E-state index in [9.17, 15) is 9.59 Å². The first-order valence-electron chi connectivity index (χ1n) is 9.70. The van der Waals surface area contributed by atoms with Crippen LogP contribution in [0.4, 0.5) is 4.79 Å². The van der Waals surface area contributed by atoms with Crippen LogP contribution in [0.3, 0.4) is 0 Å². The Morgan fingerprint density at radius 3 is 2.37 bits per heavy atom. The number of carbonyl (C=O) groups is 2. The van der Waals surface area contributed by atoms with Gasteiger partial charge in [-0.2, -0.15) is 0 Å². The number of urea groups is 1. The molecule has 30 heavy (non-hydrogen) atoms. The smallest absolute Gasteiger partial charge is 0.332 e. The van der Waals surface area contributed by atoms with Gasteiger partial charge in [0.05, 0.1) is 18.6 Å². The number of esters is 1. The van der Waals surface area contributed by atoms with Gasteiger partial charge in [0, 0.05) is 19.2 Å². The van der Waals surface area contributed by atoms with E-state index in [1.807, 2.05) is 24.3 Å². The number of aromatic amines is 1. The molecule has 1 heterocycles. The third kappa shape index (κ3) is 4.04. The third-order valence-corrected chi connectivity index (χ3v) is 5.13. The van der Waals surface area contributed by atoms with Crippen LogP contribution < -0.4 is 10.9 Å². The van der Waals surface area contributed by atoms with Gasteiger partial charge in [0.2, 0.25) is 0 Å². The summed E-state index contributed by atoms with van der Waals surface area (Å²) in [5.74, 6) is -0.490. The number of hydrogen-bond acceptors (Lipinski definition) is 5. The lowest BCUT2D eigenvalue weighted by atomic mass is 9.98. The minimum atomic E-state index is -0.470. The van der Waals surface area contributed by atoms with Crippen molar-refractivity contribution in [3.8, 4) is 11.1 Å². The summed E-state index contributed by atoms with van der Waals surface area (Å²) in [6, 6.07) is 15.9. The van der Waals surface area contributed by atoms with Gasteiger partial charge in [0.15, 0.2) is 0 Å². The zero-order chi connectivity index (χ0) is 20.9. The second-order valence-corrected chi connectivity index (χ2v) is 7.02. The summed E-state index contributed by atoms with van der Waals surface area (Å²) in [7, 11) is 1.58. The van der Waals surface area contributed by atoms with Gasteiger partial charge in [0.25, 0.3) is 0 Å². The van der Waals surface area contributed by atoms with Crippen LogP contribution in [0.15, 0.2) is 61.1 Å². The summed E-state index contributed by atoms with van der Waals surface area (Å²) in [5.41, 5.74) is 10.4. The Hall–Kier alpha value is -3.65. The Balaban J connectivity index is 1.44. The van der Waals surface area contributed by atoms with E-state index < -0.39 is 12.0 Å². The van der Waals surface area contributed by atoms with Gasteiger partial charge in [-0.3, -0.25) is 10.2 Å². The van der Waals surface area contributed by atoms with Crippen LogP contribution in [0, 0.1) is 0 Å². The van der Waals surface area contributed by atoms with Crippen LogP contribution in [-0.4, -0.2) is 47.1 Å². The van der Waals surface area contributed by atoms with E-state index in [2.05, 4.69) is 45.1 Å². The first-order chi connectivity index (χ1) is 14.7. The quantitative estimate of drug-likeness (QED) is 0.414. The lowest BCUT2D eigenvalue weighted by molar-refractivity contribution is -0.144.